The van der Waals surface area contributed by atoms with E-state index in [9.17, 15) is 4.79 Å². The molecule has 1 aromatic carbocycles. The van der Waals surface area contributed by atoms with E-state index in [2.05, 4.69) is 32.5 Å². The molecule has 0 saturated heterocycles. The number of carbonyl (C=O) groups excluding carboxylic acids is 1. The molecule has 0 aliphatic heterocycles. The molecule has 1 aliphatic carbocycles. The minimum Gasteiger partial charge on any atom is -0.342 e. The first-order valence-corrected chi connectivity index (χ1v) is 6.49. The third-order valence-electron chi connectivity index (χ3n) is 3.48. The highest BCUT2D eigenvalue weighted by atomic mass is 16.2. The third kappa shape index (κ3) is 2.45. The molecule has 0 spiro atoms. The second-order valence-corrected chi connectivity index (χ2v) is 4.98. The first-order chi connectivity index (χ1) is 9.74. The van der Waals surface area contributed by atoms with Crippen LogP contribution in [0.15, 0.2) is 42.5 Å². The van der Waals surface area contributed by atoms with Crippen LogP contribution in [0.3, 0.4) is 0 Å². The van der Waals surface area contributed by atoms with Crippen molar-refractivity contribution in [1.29, 1.82) is 0 Å². The van der Waals surface area contributed by atoms with Crippen LogP contribution in [0.25, 0.3) is 0 Å². The summed E-state index contributed by atoms with van der Waals surface area (Å²) >= 11 is 0. The van der Waals surface area contributed by atoms with E-state index in [0.717, 1.165) is 24.0 Å². The maximum Gasteiger partial charge on any atom is 0.224 e. The van der Waals surface area contributed by atoms with Crippen LogP contribution in [0.4, 0.5) is 0 Å². The van der Waals surface area contributed by atoms with Gasteiger partial charge in [0.2, 0.25) is 11.7 Å². The average molecular weight is 269 g/mol. The SMILES string of the molecule is C=C1CC(C(=O)NC(c2ccccc2)c2nn[nH]n2)C1. The highest BCUT2D eigenvalue weighted by molar-refractivity contribution is 5.81. The first-order valence-electron chi connectivity index (χ1n) is 6.49. The quantitative estimate of drug-likeness (QED) is 0.821. The molecule has 6 heteroatoms. The Morgan fingerprint density at radius 2 is 2.10 bits per heavy atom. The van der Waals surface area contributed by atoms with Crippen LogP contribution in [0, 0.1) is 5.92 Å². The monoisotopic (exact) mass is 269 g/mol. The van der Waals surface area contributed by atoms with E-state index < -0.39 is 0 Å². The standard InChI is InChI=1S/C14H15N5O/c1-9-7-11(8-9)14(20)15-12(13-16-18-19-17-13)10-5-3-2-4-6-10/h2-6,11-12H,1,7-8H2,(H,15,20)(H,16,17,18,19). The molecule has 0 bridgehead atoms. The van der Waals surface area contributed by atoms with Gasteiger partial charge in [0.05, 0.1) is 0 Å². The Balaban J connectivity index is 1.80. The number of hydrogen-bond donors (Lipinski definition) is 2. The predicted octanol–water partition coefficient (Wildman–Crippen LogP) is 1.37. The number of H-pyrrole nitrogens is 1. The molecule has 2 N–H and O–H groups in total. The topological polar surface area (TPSA) is 83.6 Å². The normalized spacial score (nSPS) is 16.5. The summed E-state index contributed by atoms with van der Waals surface area (Å²) in [5.74, 6) is 0.486. The molecule has 1 amide bonds. The summed E-state index contributed by atoms with van der Waals surface area (Å²) in [7, 11) is 0. The van der Waals surface area contributed by atoms with Crippen LogP contribution in [0.5, 0.6) is 0 Å². The molecule has 1 fully saturated rings. The molecule has 1 atom stereocenters. The van der Waals surface area contributed by atoms with Crippen LogP contribution < -0.4 is 5.32 Å². The van der Waals surface area contributed by atoms with E-state index in [1.165, 1.54) is 0 Å². The fourth-order valence-corrected chi connectivity index (χ4v) is 2.32. The van der Waals surface area contributed by atoms with E-state index in [4.69, 9.17) is 0 Å². The number of benzene rings is 1. The lowest BCUT2D eigenvalue weighted by Gasteiger charge is -2.28. The lowest BCUT2D eigenvalue weighted by molar-refractivity contribution is -0.126. The molecule has 3 rings (SSSR count). The lowest BCUT2D eigenvalue weighted by Crippen LogP contribution is -2.38. The van der Waals surface area contributed by atoms with E-state index in [1.807, 2.05) is 30.3 Å². The number of nitrogens with zero attached hydrogens (tertiary/aromatic N) is 3. The Kier molecular flexibility index (Phi) is 3.28. The Bertz CT molecular complexity index is 600. The van der Waals surface area contributed by atoms with Crippen molar-refractivity contribution in [2.75, 3.05) is 0 Å². The fourth-order valence-electron chi connectivity index (χ4n) is 2.32. The zero-order valence-electron chi connectivity index (χ0n) is 10.9. The molecule has 2 aromatic rings. The largest absolute Gasteiger partial charge is 0.342 e. The van der Waals surface area contributed by atoms with Crippen molar-refractivity contribution in [3.8, 4) is 0 Å². The van der Waals surface area contributed by atoms with E-state index in [0.29, 0.717) is 5.82 Å². The molecule has 1 unspecified atom stereocenters. The Hall–Kier alpha value is -2.50. The fraction of sp³-hybridized carbons (Fsp3) is 0.286. The number of hydrogen-bond acceptors (Lipinski definition) is 4. The highest BCUT2D eigenvalue weighted by Crippen LogP contribution is 2.32. The van der Waals surface area contributed by atoms with Gasteiger partial charge in [0.15, 0.2) is 0 Å². The Morgan fingerprint density at radius 1 is 1.35 bits per heavy atom. The summed E-state index contributed by atoms with van der Waals surface area (Å²) in [5, 5.41) is 16.9. The van der Waals surface area contributed by atoms with Gasteiger partial charge in [-0.15, -0.1) is 10.2 Å². The number of aromatic amines is 1. The van der Waals surface area contributed by atoms with Gasteiger partial charge >= 0.3 is 0 Å². The molecule has 1 aliphatic rings. The van der Waals surface area contributed by atoms with Gasteiger partial charge in [-0.3, -0.25) is 4.79 Å². The molecule has 102 valence electrons. The second-order valence-electron chi connectivity index (χ2n) is 4.98. The van der Waals surface area contributed by atoms with Crippen molar-refractivity contribution in [1.82, 2.24) is 25.9 Å². The molecule has 6 nitrogen and oxygen atoms in total. The summed E-state index contributed by atoms with van der Waals surface area (Å²) in [6.07, 6.45) is 1.53. The maximum absolute atomic E-state index is 12.2. The lowest BCUT2D eigenvalue weighted by atomic mass is 9.80. The van der Waals surface area contributed by atoms with Crippen LogP contribution in [-0.2, 0) is 4.79 Å². The van der Waals surface area contributed by atoms with Gasteiger partial charge in [0.25, 0.3) is 0 Å². The minimum atomic E-state index is -0.378. The average Bonchev–Trinajstić information content (AvgIpc) is 2.96. The van der Waals surface area contributed by atoms with Crippen LogP contribution in [0.2, 0.25) is 0 Å². The van der Waals surface area contributed by atoms with E-state index in [-0.39, 0.29) is 17.9 Å². The maximum atomic E-state index is 12.2. The van der Waals surface area contributed by atoms with Crippen molar-refractivity contribution in [2.45, 2.75) is 18.9 Å². The zero-order chi connectivity index (χ0) is 13.9. The van der Waals surface area contributed by atoms with Gasteiger partial charge in [0, 0.05) is 5.92 Å². The summed E-state index contributed by atoms with van der Waals surface area (Å²) in [6.45, 7) is 3.86. The number of allylic oxidation sites excluding steroid dienone is 1. The highest BCUT2D eigenvalue weighted by Gasteiger charge is 2.31. The molecule has 0 radical (unpaired) electrons. The number of carbonyl (C=O) groups is 1. The van der Waals surface area contributed by atoms with Crippen molar-refractivity contribution in [3.63, 3.8) is 0 Å². The number of aromatic nitrogens is 4. The van der Waals surface area contributed by atoms with Crippen LogP contribution in [-0.4, -0.2) is 26.5 Å². The molecular weight excluding hydrogens is 254 g/mol. The number of rotatable bonds is 4. The van der Waals surface area contributed by atoms with Gasteiger partial charge in [-0.05, 0) is 18.4 Å². The minimum absolute atomic E-state index is 0.0102. The number of tetrazole rings is 1. The Morgan fingerprint density at radius 3 is 2.70 bits per heavy atom. The number of nitrogens with one attached hydrogen (secondary N) is 2. The van der Waals surface area contributed by atoms with Gasteiger partial charge in [-0.1, -0.05) is 47.7 Å². The Labute approximate surface area is 116 Å². The van der Waals surface area contributed by atoms with Gasteiger partial charge in [-0.25, -0.2) is 0 Å². The molecular formula is C14H15N5O. The summed E-state index contributed by atoms with van der Waals surface area (Å²) in [5.41, 5.74) is 2.06. The van der Waals surface area contributed by atoms with Crippen molar-refractivity contribution < 1.29 is 4.79 Å². The van der Waals surface area contributed by atoms with Crippen molar-refractivity contribution in [2.24, 2.45) is 5.92 Å². The van der Waals surface area contributed by atoms with E-state index in [1.54, 1.807) is 0 Å². The summed E-state index contributed by atoms with van der Waals surface area (Å²) < 4.78 is 0. The molecule has 1 heterocycles. The van der Waals surface area contributed by atoms with Crippen molar-refractivity contribution in [3.05, 3.63) is 53.9 Å². The van der Waals surface area contributed by atoms with Gasteiger partial charge in [0.1, 0.15) is 6.04 Å². The number of amides is 1. The summed E-state index contributed by atoms with van der Waals surface area (Å²) in [4.78, 5) is 12.2. The van der Waals surface area contributed by atoms with Gasteiger partial charge in [-0.2, -0.15) is 5.21 Å². The second kappa shape index (κ2) is 5.24. The zero-order valence-corrected chi connectivity index (χ0v) is 10.9. The van der Waals surface area contributed by atoms with E-state index >= 15 is 0 Å². The molecule has 20 heavy (non-hydrogen) atoms. The predicted molar refractivity (Wildman–Crippen MR) is 72.5 cm³/mol. The van der Waals surface area contributed by atoms with Crippen molar-refractivity contribution >= 4 is 5.91 Å². The third-order valence-corrected chi connectivity index (χ3v) is 3.48. The molecule has 1 saturated carbocycles. The van der Waals surface area contributed by atoms with Crippen LogP contribution in [0.1, 0.15) is 30.3 Å². The van der Waals surface area contributed by atoms with Gasteiger partial charge < -0.3 is 5.32 Å². The van der Waals surface area contributed by atoms with Crippen LogP contribution >= 0.6 is 0 Å². The molecule has 1 aromatic heterocycles. The summed E-state index contributed by atoms with van der Waals surface area (Å²) in [6, 6.07) is 9.24. The smallest absolute Gasteiger partial charge is 0.224 e. The first kappa shape index (κ1) is 12.5.